The number of hydrogen-bond donors (Lipinski definition) is 1. The van der Waals surface area contributed by atoms with Gasteiger partial charge in [0, 0.05) is 10.6 Å². The molecule has 0 atom stereocenters. The van der Waals surface area contributed by atoms with Gasteiger partial charge in [-0.15, -0.1) is 0 Å². The topological polar surface area (TPSA) is 46.2 Å². The lowest BCUT2D eigenvalue weighted by molar-refractivity contribution is -0.115. The van der Waals surface area contributed by atoms with Crippen molar-refractivity contribution in [3.63, 3.8) is 0 Å². The lowest BCUT2D eigenvalue weighted by Crippen LogP contribution is -2.23. The van der Waals surface area contributed by atoms with E-state index in [1.54, 1.807) is 18.2 Å². The fourth-order valence-corrected chi connectivity index (χ4v) is 1.46. The predicted octanol–water partition coefficient (Wildman–Crippen LogP) is 1.86. The average molecular weight is 196 g/mol. The molecule has 0 saturated heterocycles. The van der Waals surface area contributed by atoms with Crippen LogP contribution in [0.15, 0.2) is 18.2 Å². The number of halogens is 1. The second-order valence-electron chi connectivity index (χ2n) is 2.84. The predicted molar refractivity (Wildman–Crippen MR) is 49.0 cm³/mol. The highest BCUT2D eigenvalue weighted by Crippen LogP contribution is 2.25. The van der Waals surface area contributed by atoms with E-state index in [1.807, 2.05) is 0 Å². The van der Waals surface area contributed by atoms with E-state index in [0.29, 0.717) is 16.3 Å². The fraction of sp³-hybridized carbons (Fsp3) is 0.111. The van der Waals surface area contributed by atoms with Gasteiger partial charge in [0.25, 0.3) is 0 Å². The Hall–Kier alpha value is -1.35. The minimum Gasteiger partial charge on any atom is -0.325 e. The lowest BCUT2D eigenvalue weighted by Gasteiger charge is -2.15. The zero-order chi connectivity index (χ0) is 9.42. The van der Waals surface area contributed by atoms with Gasteiger partial charge >= 0.3 is 0 Å². The Kier molecular flexibility index (Phi) is 1.81. The smallest absolute Gasteiger partial charge is 0.232 e. The van der Waals surface area contributed by atoms with Crippen LogP contribution >= 0.6 is 11.6 Å². The van der Waals surface area contributed by atoms with Gasteiger partial charge in [0.15, 0.2) is 5.78 Å². The zero-order valence-corrected chi connectivity index (χ0v) is 7.39. The van der Waals surface area contributed by atoms with E-state index in [-0.39, 0.29) is 18.1 Å². The Morgan fingerprint density at radius 3 is 2.85 bits per heavy atom. The molecule has 66 valence electrons. The number of benzene rings is 1. The first-order valence-corrected chi connectivity index (χ1v) is 4.17. The second-order valence-corrected chi connectivity index (χ2v) is 3.27. The van der Waals surface area contributed by atoms with Gasteiger partial charge in [0.1, 0.15) is 0 Å². The lowest BCUT2D eigenvalue weighted by atomic mass is 10.0. The number of carbonyl (C=O) groups excluding carboxylic acids is 2. The first-order chi connectivity index (χ1) is 6.16. The Labute approximate surface area is 79.7 Å². The summed E-state index contributed by atoms with van der Waals surface area (Å²) in [7, 11) is 0. The third-order valence-electron chi connectivity index (χ3n) is 1.88. The van der Waals surface area contributed by atoms with Crippen LogP contribution in [-0.4, -0.2) is 11.7 Å². The summed E-state index contributed by atoms with van der Waals surface area (Å²) in [6, 6.07) is 4.84. The molecule has 0 radical (unpaired) electrons. The van der Waals surface area contributed by atoms with Crippen LogP contribution in [0.3, 0.4) is 0 Å². The van der Waals surface area contributed by atoms with Crippen LogP contribution in [0, 0.1) is 0 Å². The molecule has 1 aromatic carbocycles. The minimum absolute atomic E-state index is 0.0899. The van der Waals surface area contributed by atoms with Crippen LogP contribution in [0.4, 0.5) is 5.69 Å². The molecule has 13 heavy (non-hydrogen) atoms. The summed E-state index contributed by atoms with van der Waals surface area (Å²) in [6.45, 7) is 0. The molecule has 1 aliphatic heterocycles. The van der Waals surface area contributed by atoms with E-state index in [9.17, 15) is 9.59 Å². The fourth-order valence-electron chi connectivity index (χ4n) is 1.29. The maximum atomic E-state index is 11.3. The van der Waals surface area contributed by atoms with E-state index < -0.39 is 0 Å². The molecule has 4 heteroatoms. The van der Waals surface area contributed by atoms with Crippen molar-refractivity contribution < 1.29 is 9.59 Å². The van der Waals surface area contributed by atoms with E-state index in [1.165, 1.54) is 0 Å². The SMILES string of the molecule is O=C1CC(=O)c2cc(Cl)ccc2N1. The Bertz CT molecular complexity index is 401. The Morgan fingerprint density at radius 1 is 1.31 bits per heavy atom. The van der Waals surface area contributed by atoms with E-state index in [0.717, 1.165) is 0 Å². The molecule has 0 aliphatic carbocycles. The van der Waals surface area contributed by atoms with Crippen LogP contribution in [-0.2, 0) is 4.79 Å². The van der Waals surface area contributed by atoms with Gasteiger partial charge in [-0.2, -0.15) is 0 Å². The summed E-state index contributed by atoms with van der Waals surface area (Å²) >= 11 is 5.71. The van der Waals surface area contributed by atoms with Gasteiger partial charge in [-0.1, -0.05) is 11.6 Å². The van der Waals surface area contributed by atoms with E-state index in [4.69, 9.17) is 11.6 Å². The van der Waals surface area contributed by atoms with Crippen molar-refractivity contribution >= 4 is 29.0 Å². The summed E-state index contributed by atoms with van der Waals surface area (Å²) in [5.74, 6) is -0.443. The zero-order valence-electron chi connectivity index (χ0n) is 6.63. The highest BCUT2D eigenvalue weighted by atomic mass is 35.5. The maximum Gasteiger partial charge on any atom is 0.232 e. The van der Waals surface area contributed by atoms with Crippen molar-refractivity contribution in [3.05, 3.63) is 28.8 Å². The van der Waals surface area contributed by atoms with Gasteiger partial charge in [-0.25, -0.2) is 0 Å². The summed E-state index contributed by atoms with van der Waals surface area (Å²) < 4.78 is 0. The second kappa shape index (κ2) is 2.85. The molecule has 0 aromatic heterocycles. The average Bonchev–Trinajstić information content (AvgIpc) is 2.06. The molecular weight excluding hydrogens is 190 g/mol. The molecular formula is C9H6ClNO2. The first kappa shape index (κ1) is 8.26. The summed E-state index contributed by atoms with van der Waals surface area (Å²) in [6.07, 6.45) is -0.0899. The number of ketones is 1. The summed E-state index contributed by atoms with van der Waals surface area (Å²) in [5.41, 5.74) is 1.04. The van der Waals surface area contributed by atoms with Gasteiger partial charge in [-0.3, -0.25) is 9.59 Å². The largest absolute Gasteiger partial charge is 0.325 e. The number of fused-ring (bicyclic) bond motifs is 1. The number of nitrogens with one attached hydrogen (secondary N) is 1. The number of amides is 1. The number of anilines is 1. The molecule has 1 aromatic rings. The van der Waals surface area contributed by atoms with Gasteiger partial charge in [-0.05, 0) is 18.2 Å². The third-order valence-corrected chi connectivity index (χ3v) is 2.11. The molecule has 0 fully saturated rings. The van der Waals surface area contributed by atoms with E-state index >= 15 is 0 Å². The normalized spacial score (nSPS) is 15.2. The first-order valence-electron chi connectivity index (χ1n) is 3.79. The van der Waals surface area contributed by atoms with Crippen molar-refractivity contribution in [2.75, 3.05) is 5.32 Å². The molecule has 0 unspecified atom stereocenters. The highest BCUT2D eigenvalue weighted by molar-refractivity contribution is 6.31. The third kappa shape index (κ3) is 1.42. The van der Waals surface area contributed by atoms with Crippen LogP contribution in [0.1, 0.15) is 16.8 Å². The van der Waals surface area contributed by atoms with Crippen molar-refractivity contribution in [1.29, 1.82) is 0 Å². The van der Waals surface area contributed by atoms with Crippen LogP contribution in [0.2, 0.25) is 5.02 Å². The molecule has 1 N–H and O–H groups in total. The molecule has 1 amide bonds. The standard InChI is InChI=1S/C9H6ClNO2/c10-5-1-2-7-6(3-5)8(12)4-9(13)11-7/h1-3H,4H2,(H,11,13). The highest BCUT2D eigenvalue weighted by Gasteiger charge is 2.22. The molecule has 0 bridgehead atoms. The maximum absolute atomic E-state index is 11.3. The van der Waals surface area contributed by atoms with Crippen LogP contribution in [0.5, 0.6) is 0 Å². The molecule has 3 nitrogen and oxygen atoms in total. The Morgan fingerprint density at radius 2 is 2.08 bits per heavy atom. The van der Waals surface area contributed by atoms with Crippen molar-refractivity contribution in [2.45, 2.75) is 6.42 Å². The molecule has 1 aliphatic rings. The van der Waals surface area contributed by atoms with Gasteiger partial charge in [0.2, 0.25) is 5.91 Å². The number of hydrogen-bond acceptors (Lipinski definition) is 2. The molecule has 1 heterocycles. The van der Waals surface area contributed by atoms with E-state index in [2.05, 4.69) is 5.32 Å². The van der Waals surface area contributed by atoms with Crippen molar-refractivity contribution in [3.8, 4) is 0 Å². The minimum atomic E-state index is -0.264. The Balaban J connectivity index is 2.55. The number of rotatable bonds is 0. The summed E-state index contributed by atoms with van der Waals surface area (Å²) in [4.78, 5) is 22.3. The summed E-state index contributed by atoms with van der Waals surface area (Å²) in [5, 5.41) is 3.10. The van der Waals surface area contributed by atoms with Crippen molar-refractivity contribution in [1.82, 2.24) is 0 Å². The van der Waals surface area contributed by atoms with Gasteiger partial charge < -0.3 is 5.32 Å². The number of carbonyl (C=O) groups is 2. The quantitative estimate of drug-likeness (QED) is 0.643. The molecule has 2 rings (SSSR count). The van der Waals surface area contributed by atoms with Crippen LogP contribution < -0.4 is 5.32 Å². The molecule has 0 saturated carbocycles. The monoisotopic (exact) mass is 195 g/mol. The molecule has 0 spiro atoms. The van der Waals surface area contributed by atoms with Crippen molar-refractivity contribution in [2.24, 2.45) is 0 Å². The number of Topliss-reactive ketones (excluding diaryl/α,β-unsaturated/α-hetero) is 1. The van der Waals surface area contributed by atoms with Crippen LogP contribution in [0.25, 0.3) is 0 Å². The van der Waals surface area contributed by atoms with Gasteiger partial charge in [0.05, 0.1) is 12.1 Å².